The molecule has 0 aliphatic carbocycles. The van der Waals surface area contributed by atoms with Crippen LogP contribution in [-0.4, -0.2) is 8.42 Å². The van der Waals surface area contributed by atoms with Crippen molar-refractivity contribution in [2.75, 3.05) is 0 Å². The van der Waals surface area contributed by atoms with Gasteiger partial charge in [-0.3, -0.25) is 0 Å². The van der Waals surface area contributed by atoms with Gasteiger partial charge in [0, 0.05) is 15.9 Å². The van der Waals surface area contributed by atoms with Crippen molar-refractivity contribution in [2.24, 2.45) is 0 Å². The molecule has 0 radical (unpaired) electrons. The molecule has 0 aliphatic heterocycles. The third kappa shape index (κ3) is 2.98. The number of furan rings is 1. The maximum Gasteiger partial charge on any atom is 0.216 e. The molecule has 7 heteroatoms. The van der Waals surface area contributed by atoms with E-state index in [1.165, 1.54) is 12.1 Å². The van der Waals surface area contributed by atoms with Gasteiger partial charge in [0.1, 0.15) is 17.4 Å². The number of fused-ring (bicyclic) bond motifs is 1. The van der Waals surface area contributed by atoms with Gasteiger partial charge in [-0.05, 0) is 30.3 Å². The van der Waals surface area contributed by atoms with Crippen molar-refractivity contribution in [3.8, 4) is 6.07 Å². The van der Waals surface area contributed by atoms with E-state index in [2.05, 4.69) is 15.9 Å². The maximum atomic E-state index is 12.6. The first-order valence-electron chi connectivity index (χ1n) is 6.73. The van der Waals surface area contributed by atoms with E-state index in [0.717, 1.165) is 10.5 Å². The molecule has 1 aromatic heterocycles. The number of sulfone groups is 1. The summed E-state index contributed by atoms with van der Waals surface area (Å²) < 4.78 is 31.5. The third-order valence-electron chi connectivity index (χ3n) is 3.33. The summed E-state index contributed by atoms with van der Waals surface area (Å²) in [6, 6.07) is 14.7. The maximum absolute atomic E-state index is 12.6. The third-order valence-corrected chi connectivity index (χ3v) is 5.89. The van der Waals surface area contributed by atoms with Crippen LogP contribution >= 0.6 is 27.5 Å². The monoisotopic (exact) mass is 421 g/mol. The van der Waals surface area contributed by atoms with E-state index < -0.39 is 14.7 Å². The lowest BCUT2D eigenvalue weighted by Crippen LogP contribution is -2.03. The summed E-state index contributed by atoms with van der Waals surface area (Å²) >= 11 is 9.60. The van der Waals surface area contributed by atoms with E-state index in [1.54, 1.807) is 42.5 Å². The minimum absolute atomic E-state index is 0.0350. The summed E-state index contributed by atoms with van der Waals surface area (Å²) in [5.41, 5.74) is 0.504. The van der Waals surface area contributed by atoms with E-state index in [1.807, 2.05) is 0 Å². The van der Waals surface area contributed by atoms with Crippen molar-refractivity contribution in [3.05, 3.63) is 68.7 Å². The number of halogens is 2. The SMILES string of the molecule is N#C/C(=C\c1oc2ccc(Br)cc2c1Cl)S(=O)(=O)c1ccccc1. The normalized spacial score (nSPS) is 12.3. The van der Waals surface area contributed by atoms with Crippen molar-refractivity contribution < 1.29 is 12.8 Å². The lowest BCUT2D eigenvalue weighted by molar-refractivity contribution is 0.599. The second-order valence-corrected chi connectivity index (χ2v) is 8.07. The van der Waals surface area contributed by atoms with Gasteiger partial charge in [0.2, 0.25) is 9.84 Å². The van der Waals surface area contributed by atoms with E-state index in [9.17, 15) is 13.7 Å². The molecular weight excluding hydrogens is 414 g/mol. The molecule has 0 unspecified atom stereocenters. The average Bonchev–Trinajstić information content (AvgIpc) is 2.89. The van der Waals surface area contributed by atoms with E-state index >= 15 is 0 Å². The minimum Gasteiger partial charge on any atom is -0.455 e. The van der Waals surface area contributed by atoms with E-state index in [-0.39, 0.29) is 15.7 Å². The van der Waals surface area contributed by atoms with Crippen LogP contribution in [0.5, 0.6) is 0 Å². The van der Waals surface area contributed by atoms with Crippen LogP contribution in [0, 0.1) is 11.3 Å². The summed E-state index contributed by atoms with van der Waals surface area (Å²) in [5, 5.41) is 10.2. The van der Waals surface area contributed by atoms with Crippen LogP contribution in [0.4, 0.5) is 0 Å². The van der Waals surface area contributed by atoms with Gasteiger partial charge in [-0.2, -0.15) is 5.26 Å². The quantitative estimate of drug-likeness (QED) is 0.545. The van der Waals surface area contributed by atoms with E-state index in [0.29, 0.717) is 11.0 Å². The topological polar surface area (TPSA) is 71.1 Å². The minimum atomic E-state index is -3.94. The standard InChI is InChI=1S/C17H9BrClNO3S/c18-11-6-7-15-14(8-11)17(19)16(23-15)9-13(10-20)24(21,22)12-4-2-1-3-5-12/h1-9H/b13-9+. The Morgan fingerprint density at radius 2 is 1.92 bits per heavy atom. The Kier molecular flexibility index (Phi) is 4.50. The molecule has 0 atom stereocenters. The predicted octanol–water partition coefficient (Wildman–Crippen LogP) is 5.19. The largest absolute Gasteiger partial charge is 0.455 e. The Morgan fingerprint density at radius 1 is 1.21 bits per heavy atom. The first-order valence-corrected chi connectivity index (χ1v) is 9.38. The van der Waals surface area contributed by atoms with Gasteiger partial charge < -0.3 is 4.42 Å². The first kappa shape index (κ1) is 16.8. The summed E-state index contributed by atoms with van der Waals surface area (Å²) in [6.45, 7) is 0. The van der Waals surface area contributed by atoms with Crippen LogP contribution in [-0.2, 0) is 9.84 Å². The molecule has 0 amide bonds. The predicted molar refractivity (Wildman–Crippen MR) is 96.1 cm³/mol. The van der Waals surface area contributed by atoms with Crippen LogP contribution in [0.1, 0.15) is 5.76 Å². The van der Waals surface area contributed by atoms with E-state index in [4.69, 9.17) is 16.0 Å². The van der Waals surface area contributed by atoms with Crippen LogP contribution in [0.3, 0.4) is 0 Å². The number of nitrogens with zero attached hydrogens (tertiary/aromatic N) is 1. The van der Waals surface area contributed by atoms with Crippen molar-refractivity contribution in [1.29, 1.82) is 5.26 Å². The van der Waals surface area contributed by atoms with Crippen molar-refractivity contribution in [3.63, 3.8) is 0 Å². The Bertz CT molecular complexity index is 1100. The number of hydrogen-bond acceptors (Lipinski definition) is 4. The number of hydrogen-bond donors (Lipinski definition) is 0. The highest BCUT2D eigenvalue weighted by molar-refractivity contribution is 9.10. The molecule has 0 aliphatic rings. The summed E-state index contributed by atoms with van der Waals surface area (Å²) in [5.74, 6) is 0.126. The molecule has 1 heterocycles. The number of rotatable bonds is 3. The van der Waals surface area contributed by atoms with Crippen LogP contribution in [0.15, 0.2) is 67.2 Å². The Hall–Kier alpha value is -2.07. The Balaban J connectivity index is 2.16. The molecule has 3 rings (SSSR count). The molecule has 2 aromatic carbocycles. The van der Waals surface area contributed by atoms with Crippen molar-refractivity contribution in [1.82, 2.24) is 0 Å². The highest BCUT2D eigenvalue weighted by atomic mass is 79.9. The van der Waals surface area contributed by atoms with Gasteiger partial charge in [0.05, 0.1) is 9.92 Å². The van der Waals surface area contributed by atoms with Crippen LogP contribution in [0.2, 0.25) is 5.02 Å². The average molecular weight is 423 g/mol. The van der Waals surface area contributed by atoms with Gasteiger partial charge in [-0.25, -0.2) is 8.42 Å². The molecule has 0 saturated heterocycles. The highest BCUT2D eigenvalue weighted by Crippen LogP contribution is 2.34. The summed E-state index contributed by atoms with van der Waals surface area (Å²) in [7, 11) is -3.94. The van der Waals surface area contributed by atoms with Gasteiger partial charge in [0.25, 0.3) is 0 Å². The molecular formula is C17H9BrClNO3S. The number of allylic oxidation sites excluding steroid dienone is 1. The smallest absolute Gasteiger partial charge is 0.216 e. The molecule has 0 spiro atoms. The first-order chi connectivity index (χ1) is 11.4. The second-order valence-electron chi connectivity index (χ2n) is 4.86. The number of benzene rings is 2. The van der Waals surface area contributed by atoms with Crippen molar-refractivity contribution >= 4 is 54.4 Å². The lowest BCUT2D eigenvalue weighted by atomic mass is 10.2. The van der Waals surface area contributed by atoms with Gasteiger partial charge >= 0.3 is 0 Å². The zero-order chi connectivity index (χ0) is 17.3. The second kappa shape index (κ2) is 6.44. The highest BCUT2D eigenvalue weighted by Gasteiger charge is 2.22. The van der Waals surface area contributed by atoms with Crippen LogP contribution < -0.4 is 0 Å². The molecule has 4 nitrogen and oxygen atoms in total. The molecule has 24 heavy (non-hydrogen) atoms. The lowest BCUT2D eigenvalue weighted by Gasteiger charge is -2.01. The fourth-order valence-corrected chi connectivity index (χ4v) is 3.92. The number of nitriles is 1. The molecule has 0 bridgehead atoms. The molecule has 3 aromatic rings. The fourth-order valence-electron chi connectivity index (χ4n) is 2.17. The summed E-state index contributed by atoms with van der Waals surface area (Å²) in [4.78, 5) is -0.401. The van der Waals surface area contributed by atoms with Gasteiger partial charge in [0.15, 0.2) is 4.91 Å². The Morgan fingerprint density at radius 3 is 2.58 bits per heavy atom. The zero-order valence-electron chi connectivity index (χ0n) is 12.0. The van der Waals surface area contributed by atoms with Gasteiger partial charge in [-0.1, -0.05) is 45.7 Å². The molecule has 0 saturated carbocycles. The molecule has 120 valence electrons. The fraction of sp³-hybridized carbons (Fsp3) is 0. The molecule has 0 N–H and O–H groups in total. The zero-order valence-corrected chi connectivity index (χ0v) is 15.2. The van der Waals surface area contributed by atoms with Crippen molar-refractivity contribution in [2.45, 2.75) is 4.90 Å². The Labute approximate surface area is 152 Å². The summed E-state index contributed by atoms with van der Waals surface area (Å²) in [6.07, 6.45) is 1.15. The van der Waals surface area contributed by atoms with Crippen LogP contribution in [0.25, 0.3) is 17.0 Å². The van der Waals surface area contributed by atoms with Gasteiger partial charge in [-0.15, -0.1) is 0 Å². The molecule has 0 fully saturated rings.